The second-order valence-corrected chi connectivity index (χ2v) is 10.8. The number of nitrogens with one attached hydrogen (secondary N) is 1. The second-order valence-electron chi connectivity index (χ2n) is 8.54. The maximum Gasteiger partial charge on any atom is 0.325 e. The summed E-state index contributed by atoms with van der Waals surface area (Å²) in [6, 6.07) is -0.985. The zero-order valence-electron chi connectivity index (χ0n) is 16.1. The number of amides is 4. The molecule has 156 valence electrons. The number of urea groups is 1. The minimum absolute atomic E-state index is 0.0514. The van der Waals surface area contributed by atoms with Crippen LogP contribution < -0.4 is 5.32 Å². The summed E-state index contributed by atoms with van der Waals surface area (Å²) in [5, 5.41) is 2.74. The van der Waals surface area contributed by atoms with Gasteiger partial charge in [-0.25, -0.2) is 13.2 Å². The highest BCUT2D eigenvalue weighted by Crippen LogP contribution is 2.42. The van der Waals surface area contributed by atoms with E-state index in [0.717, 1.165) is 30.6 Å². The molecule has 0 bridgehead atoms. The van der Waals surface area contributed by atoms with Crippen LogP contribution in [0.2, 0.25) is 0 Å². The first-order valence-electron chi connectivity index (χ1n) is 9.95. The molecule has 1 saturated carbocycles. The van der Waals surface area contributed by atoms with Crippen LogP contribution in [0.25, 0.3) is 0 Å². The number of rotatable bonds is 6. The predicted octanol–water partition coefficient (Wildman–Crippen LogP) is -0.0984. The molecule has 4 amide bonds. The number of nitrogens with zero attached hydrogens (tertiary/aromatic N) is 2. The molecule has 4 aliphatic rings. The number of ether oxygens (including phenoxy) is 1. The van der Waals surface area contributed by atoms with Gasteiger partial charge in [0.05, 0.1) is 17.6 Å². The largest absolute Gasteiger partial charge is 0.376 e. The lowest BCUT2D eigenvalue weighted by Crippen LogP contribution is -2.51. The summed E-state index contributed by atoms with van der Waals surface area (Å²) in [5.74, 6) is -0.682. The van der Waals surface area contributed by atoms with Crippen LogP contribution in [-0.2, 0) is 24.2 Å². The fourth-order valence-electron chi connectivity index (χ4n) is 4.51. The van der Waals surface area contributed by atoms with Crippen molar-refractivity contribution in [3.05, 3.63) is 0 Å². The lowest BCUT2D eigenvalue weighted by Gasteiger charge is -2.31. The van der Waals surface area contributed by atoms with Crippen molar-refractivity contribution in [3.63, 3.8) is 0 Å². The van der Waals surface area contributed by atoms with Gasteiger partial charge in [-0.3, -0.25) is 14.5 Å². The molecule has 10 heteroatoms. The van der Waals surface area contributed by atoms with Crippen molar-refractivity contribution in [1.82, 2.24) is 15.1 Å². The molecule has 3 atom stereocenters. The van der Waals surface area contributed by atoms with Gasteiger partial charge in [-0.15, -0.1) is 0 Å². The smallest absolute Gasteiger partial charge is 0.325 e. The molecule has 3 heterocycles. The van der Waals surface area contributed by atoms with Gasteiger partial charge in [0.1, 0.15) is 12.1 Å². The quantitative estimate of drug-likeness (QED) is 0.609. The Morgan fingerprint density at radius 3 is 2.61 bits per heavy atom. The molecule has 4 rings (SSSR count). The first-order chi connectivity index (χ1) is 13.2. The SMILES string of the molecule is C[C@]1(C2CC2)NC(=O)N(CC(=O)N(C[C@H]2CCCO2)[C@@H]2CCS(=O)(=O)C2)C1=O. The Morgan fingerprint density at radius 1 is 1.29 bits per heavy atom. The van der Waals surface area contributed by atoms with Crippen molar-refractivity contribution in [2.45, 2.75) is 56.7 Å². The van der Waals surface area contributed by atoms with E-state index in [-0.39, 0.29) is 36.0 Å². The third kappa shape index (κ3) is 3.63. The first kappa shape index (κ1) is 19.6. The van der Waals surface area contributed by atoms with Crippen LogP contribution in [0, 0.1) is 5.92 Å². The van der Waals surface area contributed by atoms with E-state index >= 15 is 0 Å². The maximum absolute atomic E-state index is 13.1. The Kier molecular flexibility index (Phi) is 4.89. The Balaban J connectivity index is 1.48. The summed E-state index contributed by atoms with van der Waals surface area (Å²) in [6.45, 7) is 2.27. The van der Waals surface area contributed by atoms with Gasteiger partial charge < -0.3 is 15.0 Å². The Morgan fingerprint density at radius 2 is 2.04 bits per heavy atom. The second kappa shape index (κ2) is 6.98. The lowest BCUT2D eigenvalue weighted by molar-refractivity contribution is -0.141. The van der Waals surface area contributed by atoms with Gasteiger partial charge in [0.2, 0.25) is 5.91 Å². The third-order valence-corrected chi connectivity index (χ3v) is 8.13. The van der Waals surface area contributed by atoms with Gasteiger partial charge in [-0.05, 0) is 44.9 Å². The van der Waals surface area contributed by atoms with Gasteiger partial charge in [0.15, 0.2) is 9.84 Å². The average Bonchev–Trinajstić information content (AvgIpc) is 3.19. The van der Waals surface area contributed by atoms with Gasteiger partial charge in [-0.1, -0.05) is 0 Å². The monoisotopic (exact) mass is 413 g/mol. The van der Waals surface area contributed by atoms with Crippen LogP contribution >= 0.6 is 0 Å². The van der Waals surface area contributed by atoms with E-state index in [1.54, 1.807) is 6.92 Å². The van der Waals surface area contributed by atoms with Crippen molar-refractivity contribution in [1.29, 1.82) is 0 Å². The van der Waals surface area contributed by atoms with Crippen LogP contribution in [-0.4, -0.2) is 84.9 Å². The first-order valence-corrected chi connectivity index (χ1v) is 11.8. The van der Waals surface area contributed by atoms with Gasteiger partial charge in [0, 0.05) is 19.2 Å². The van der Waals surface area contributed by atoms with E-state index in [1.807, 2.05) is 0 Å². The normalized spacial score (nSPS) is 34.7. The molecule has 28 heavy (non-hydrogen) atoms. The number of hydrogen-bond acceptors (Lipinski definition) is 6. The molecule has 0 aromatic rings. The fourth-order valence-corrected chi connectivity index (χ4v) is 6.24. The molecule has 0 unspecified atom stereocenters. The molecular weight excluding hydrogens is 386 g/mol. The molecule has 0 aromatic carbocycles. The van der Waals surface area contributed by atoms with Gasteiger partial charge in [-0.2, -0.15) is 0 Å². The molecule has 0 aromatic heterocycles. The number of imide groups is 1. The fraction of sp³-hybridized carbons (Fsp3) is 0.833. The topological polar surface area (TPSA) is 113 Å². The van der Waals surface area contributed by atoms with Crippen LogP contribution in [0.4, 0.5) is 4.79 Å². The van der Waals surface area contributed by atoms with Crippen LogP contribution in [0.5, 0.6) is 0 Å². The van der Waals surface area contributed by atoms with Gasteiger partial charge >= 0.3 is 6.03 Å². The standard InChI is InChI=1S/C18H27N3O6S/c1-18(12-4-5-12)16(23)21(17(24)19-18)10-15(22)20(9-14-3-2-7-27-14)13-6-8-28(25,26)11-13/h12-14H,2-11H2,1H3,(H,19,24)/t13-,14-,18-/m1/s1. The van der Waals surface area contributed by atoms with E-state index < -0.39 is 33.4 Å². The number of hydrogen-bond donors (Lipinski definition) is 1. The summed E-state index contributed by atoms with van der Waals surface area (Å²) < 4.78 is 29.5. The number of carbonyl (C=O) groups is 3. The highest BCUT2D eigenvalue weighted by atomic mass is 32.2. The molecule has 3 aliphatic heterocycles. The van der Waals surface area contributed by atoms with E-state index in [2.05, 4.69) is 5.32 Å². The lowest BCUT2D eigenvalue weighted by atomic mass is 9.96. The summed E-state index contributed by atoms with van der Waals surface area (Å²) in [7, 11) is -3.17. The Labute approximate surface area is 164 Å². The number of sulfone groups is 1. The van der Waals surface area contributed by atoms with Crippen LogP contribution in [0.1, 0.15) is 39.0 Å². The molecule has 0 spiro atoms. The summed E-state index contributed by atoms with van der Waals surface area (Å²) in [6.07, 6.45) is 3.73. The summed E-state index contributed by atoms with van der Waals surface area (Å²) >= 11 is 0. The maximum atomic E-state index is 13.1. The summed E-state index contributed by atoms with van der Waals surface area (Å²) in [5.41, 5.74) is -0.937. The third-order valence-electron chi connectivity index (χ3n) is 6.38. The van der Waals surface area contributed by atoms with Crippen molar-refractivity contribution >= 4 is 27.7 Å². The zero-order chi connectivity index (χ0) is 20.1. The summed E-state index contributed by atoms with van der Waals surface area (Å²) in [4.78, 5) is 40.7. The van der Waals surface area contributed by atoms with Gasteiger partial charge in [0.25, 0.3) is 5.91 Å². The van der Waals surface area contributed by atoms with Crippen molar-refractivity contribution in [2.75, 3.05) is 31.2 Å². The van der Waals surface area contributed by atoms with Crippen LogP contribution in [0.15, 0.2) is 0 Å². The average molecular weight is 413 g/mol. The molecule has 3 saturated heterocycles. The molecular formula is C18H27N3O6S. The van der Waals surface area contributed by atoms with Crippen molar-refractivity contribution < 1.29 is 27.5 Å². The van der Waals surface area contributed by atoms with E-state index in [4.69, 9.17) is 4.74 Å². The van der Waals surface area contributed by atoms with E-state index in [0.29, 0.717) is 19.6 Å². The molecule has 0 radical (unpaired) electrons. The molecule has 9 nitrogen and oxygen atoms in total. The molecule has 4 fully saturated rings. The Hall–Kier alpha value is -1.68. The van der Waals surface area contributed by atoms with Crippen molar-refractivity contribution in [3.8, 4) is 0 Å². The minimum atomic E-state index is -3.17. The highest BCUT2D eigenvalue weighted by molar-refractivity contribution is 7.91. The minimum Gasteiger partial charge on any atom is -0.376 e. The zero-order valence-corrected chi connectivity index (χ0v) is 16.9. The van der Waals surface area contributed by atoms with Crippen LogP contribution in [0.3, 0.4) is 0 Å². The predicted molar refractivity (Wildman–Crippen MR) is 99.1 cm³/mol. The van der Waals surface area contributed by atoms with Crippen molar-refractivity contribution in [2.24, 2.45) is 5.92 Å². The molecule has 1 aliphatic carbocycles. The number of carbonyl (C=O) groups excluding carboxylic acids is 3. The Bertz CT molecular complexity index is 789. The van der Waals surface area contributed by atoms with E-state index in [1.165, 1.54) is 4.90 Å². The molecule has 1 N–H and O–H groups in total. The van der Waals surface area contributed by atoms with E-state index in [9.17, 15) is 22.8 Å². The highest BCUT2D eigenvalue weighted by Gasteiger charge is 2.56.